The average Bonchev–Trinajstić information content (AvgIpc) is 3.38. The predicted octanol–water partition coefficient (Wildman–Crippen LogP) is 5.63. The number of carbonyl (C=O) groups is 1. The molecule has 5 rings (SSSR count). The second-order valence-electron chi connectivity index (χ2n) is 7.78. The maximum absolute atomic E-state index is 11.6. The number of aryl methyl sites for hydroxylation is 1. The van der Waals surface area contributed by atoms with Crippen LogP contribution in [0, 0.1) is 0 Å². The number of nitrogens with zero attached hydrogens (tertiary/aromatic N) is 3. The van der Waals surface area contributed by atoms with Crippen molar-refractivity contribution in [2.45, 2.75) is 32.6 Å². The number of halogens is 1. The van der Waals surface area contributed by atoms with Gasteiger partial charge in [0, 0.05) is 30.3 Å². The van der Waals surface area contributed by atoms with Crippen LogP contribution in [0.25, 0.3) is 21.8 Å². The molecule has 0 bridgehead atoms. The van der Waals surface area contributed by atoms with Gasteiger partial charge in [-0.1, -0.05) is 41.2 Å². The molecule has 0 saturated carbocycles. The van der Waals surface area contributed by atoms with E-state index in [0.29, 0.717) is 10.2 Å². The fourth-order valence-corrected chi connectivity index (χ4v) is 5.84. The summed E-state index contributed by atoms with van der Waals surface area (Å²) in [5, 5.41) is 9.12. The Labute approximate surface area is 205 Å². The maximum Gasteiger partial charge on any atom is 0.223 e. The molecule has 0 radical (unpaired) electrons. The number of hydrogen-bond donors (Lipinski definition) is 3. The lowest BCUT2D eigenvalue weighted by Crippen LogP contribution is -2.07. The number of hydrogen-bond acceptors (Lipinski definition) is 7. The molecular weight excluding hydrogens is 476 g/mol. The highest BCUT2D eigenvalue weighted by molar-refractivity contribution is 7.98. The Hall–Kier alpha value is -2.59. The summed E-state index contributed by atoms with van der Waals surface area (Å²) in [6.07, 6.45) is 10.3. The van der Waals surface area contributed by atoms with E-state index in [9.17, 15) is 4.79 Å². The van der Waals surface area contributed by atoms with Crippen molar-refractivity contribution in [2.75, 3.05) is 17.1 Å². The van der Waals surface area contributed by atoms with Gasteiger partial charge in [-0.05, 0) is 56.5 Å². The molecule has 170 valence electrons. The van der Waals surface area contributed by atoms with E-state index in [4.69, 9.17) is 16.7 Å². The van der Waals surface area contributed by atoms with Gasteiger partial charge in [-0.15, -0.1) is 0 Å². The highest BCUT2D eigenvalue weighted by Gasteiger charge is 2.30. The van der Waals surface area contributed by atoms with E-state index in [1.165, 1.54) is 36.0 Å². The van der Waals surface area contributed by atoms with E-state index < -0.39 is 0 Å². The monoisotopic (exact) mass is 498 g/mol. The van der Waals surface area contributed by atoms with Crippen LogP contribution in [0.15, 0.2) is 36.4 Å². The third kappa shape index (κ3) is 4.33. The van der Waals surface area contributed by atoms with Crippen molar-refractivity contribution in [3.8, 4) is 16.3 Å². The van der Waals surface area contributed by atoms with Crippen LogP contribution in [-0.2, 0) is 17.6 Å². The van der Waals surface area contributed by atoms with Crippen molar-refractivity contribution in [1.82, 2.24) is 19.5 Å². The standard InChI is InChI=1S/C23H23ClN6OS2/c1-13(31)26-23-27-18-10-9-16-20(14-6-4-3-5-7-14)28-30(21(16)22(18)32-23)19-11-8-15(12-17(19)24)29-33-25-2/h4,6-8,11-12,25,29H,3,5,9-10H2,1-2H3,(H,26,27,31). The number of allylic oxidation sites excluding steroid dienone is 4. The lowest BCUT2D eigenvalue weighted by Gasteiger charge is -2.15. The number of nitrogens with one attached hydrogen (secondary N) is 3. The average molecular weight is 499 g/mol. The van der Waals surface area contributed by atoms with Crippen LogP contribution in [0.2, 0.25) is 5.02 Å². The summed E-state index contributed by atoms with van der Waals surface area (Å²) in [6.45, 7) is 1.50. The largest absolute Gasteiger partial charge is 0.317 e. The van der Waals surface area contributed by atoms with Crippen molar-refractivity contribution in [2.24, 2.45) is 0 Å². The minimum absolute atomic E-state index is 0.126. The normalized spacial score (nSPS) is 14.5. The summed E-state index contributed by atoms with van der Waals surface area (Å²) in [4.78, 5) is 17.3. The molecule has 0 aliphatic heterocycles. The highest BCUT2D eigenvalue weighted by atomic mass is 35.5. The van der Waals surface area contributed by atoms with Gasteiger partial charge in [0.15, 0.2) is 5.13 Å². The van der Waals surface area contributed by atoms with Gasteiger partial charge in [-0.3, -0.25) is 4.79 Å². The Bertz CT molecular complexity index is 1290. The number of aromatic nitrogens is 3. The van der Waals surface area contributed by atoms with E-state index in [1.54, 1.807) is 0 Å². The molecule has 2 aromatic heterocycles. The molecule has 0 fully saturated rings. The molecule has 3 N–H and O–H groups in total. The minimum Gasteiger partial charge on any atom is -0.317 e. The summed E-state index contributed by atoms with van der Waals surface area (Å²) in [5.41, 5.74) is 7.03. The summed E-state index contributed by atoms with van der Waals surface area (Å²) >= 11 is 9.62. The molecule has 0 unspecified atom stereocenters. The number of anilines is 2. The summed E-state index contributed by atoms with van der Waals surface area (Å²) < 4.78 is 8.12. The van der Waals surface area contributed by atoms with Crippen molar-refractivity contribution in [1.29, 1.82) is 0 Å². The lowest BCUT2D eigenvalue weighted by atomic mass is 9.93. The fourth-order valence-electron chi connectivity index (χ4n) is 4.12. The number of fused-ring (bicyclic) bond motifs is 3. The number of benzene rings is 1. The van der Waals surface area contributed by atoms with Crippen LogP contribution >= 0.6 is 35.1 Å². The van der Waals surface area contributed by atoms with E-state index in [2.05, 4.69) is 38.0 Å². The minimum atomic E-state index is -0.126. The molecule has 7 nitrogen and oxygen atoms in total. The van der Waals surface area contributed by atoms with E-state index in [1.807, 2.05) is 29.9 Å². The van der Waals surface area contributed by atoms with Crippen LogP contribution in [0.3, 0.4) is 0 Å². The van der Waals surface area contributed by atoms with Crippen molar-refractivity contribution in [3.05, 3.63) is 58.4 Å². The lowest BCUT2D eigenvalue weighted by molar-refractivity contribution is -0.114. The Morgan fingerprint density at radius 3 is 2.88 bits per heavy atom. The molecule has 0 saturated heterocycles. The molecule has 2 heterocycles. The third-order valence-electron chi connectivity index (χ3n) is 5.51. The molecule has 10 heteroatoms. The molecule has 0 atom stereocenters. The zero-order chi connectivity index (χ0) is 22.9. The highest BCUT2D eigenvalue weighted by Crippen LogP contribution is 2.44. The molecule has 33 heavy (non-hydrogen) atoms. The van der Waals surface area contributed by atoms with Gasteiger partial charge >= 0.3 is 0 Å². The summed E-state index contributed by atoms with van der Waals surface area (Å²) in [5.74, 6) is -0.126. The van der Waals surface area contributed by atoms with Crippen LogP contribution in [0.5, 0.6) is 0 Å². The van der Waals surface area contributed by atoms with Gasteiger partial charge in [-0.2, -0.15) is 5.10 Å². The van der Waals surface area contributed by atoms with Crippen LogP contribution < -0.4 is 14.8 Å². The SMILES string of the molecule is CNSNc1ccc(-n2nc(C3=CCCC=C3)c3c2-c2sc(NC(C)=O)nc2CC3)c(Cl)c1. The van der Waals surface area contributed by atoms with Gasteiger partial charge in [0.2, 0.25) is 5.91 Å². The van der Waals surface area contributed by atoms with Gasteiger partial charge < -0.3 is 10.0 Å². The first kappa shape index (κ1) is 22.2. The van der Waals surface area contributed by atoms with Crippen LogP contribution in [0.1, 0.15) is 36.7 Å². The first-order chi connectivity index (χ1) is 16.0. The third-order valence-corrected chi connectivity index (χ3v) is 7.37. The fraction of sp³-hybridized carbons (Fsp3) is 0.261. The molecule has 0 spiro atoms. The molecule has 1 amide bonds. The second-order valence-corrected chi connectivity index (χ2v) is 10.00. The van der Waals surface area contributed by atoms with Crippen molar-refractivity contribution < 1.29 is 4.79 Å². The van der Waals surface area contributed by atoms with E-state index >= 15 is 0 Å². The summed E-state index contributed by atoms with van der Waals surface area (Å²) in [7, 11) is 1.85. The zero-order valence-electron chi connectivity index (χ0n) is 18.2. The topological polar surface area (TPSA) is 83.9 Å². The number of rotatable bonds is 6. The Morgan fingerprint density at radius 2 is 2.15 bits per heavy atom. The van der Waals surface area contributed by atoms with Crippen molar-refractivity contribution in [3.63, 3.8) is 0 Å². The molecular formula is C23H23ClN6OS2. The Morgan fingerprint density at radius 1 is 1.27 bits per heavy atom. The predicted molar refractivity (Wildman–Crippen MR) is 138 cm³/mol. The second kappa shape index (κ2) is 9.34. The molecule has 3 aromatic rings. The van der Waals surface area contributed by atoms with Gasteiger partial charge in [-0.25, -0.2) is 14.4 Å². The molecule has 2 aliphatic carbocycles. The summed E-state index contributed by atoms with van der Waals surface area (Å²) in [6, 6.07) is 5.86. The Balaban J connectivity index is 1.67. The number of carbonyl (C=O) groups excluding carboxylic acids is 1. The first-order valence-electron chi connectivity index (χ1n) is 10.7. The maximum atomic E-state index is 11.6. The van der Waals surface area contributed by atoms with Crippen molar-refractivity contribution >= 4 is 57.4 Å². The van der Waals surface area contributed by atoms with Crippen LogP contribution in [-0.4, -0.2) is 27.7 Å². The first-order valence-corrected chi connectivity index (χ1v) is 12.7. The van der Waals surface area contributed by atoms with E-state index in [-0.39, 0.29) is 5.91 Å². The Kier molecular flexibility index (Phi) is 6.29. The van der Waals surface area contributed by atoms with Gasteiger partial charge in [0.25, 0.3) is 0 Å². The quantitative estimate of drug-likeness (QED) is 0.382. The van der Waals surface area contributed by atoms with E-state index in [0.717, 1.165) is 64.6 Å². The zero-order valence-corrected chi connectivity index (χ0v) is 20.6. The van der Waals surface area contributed by atoms with Gasteiger partial charge in [0.1, 0.15) is 0 Å². The number of thiazole rings is 1. The molecule has 2 aliphatic rings. The number of amides is 1. The van der Waals surface area contributed by atoms with Gasteiger partial charge in [0.05, 0.1) is 32.7 Å². The molecule has 1 aromatic carbocycles. The van der Waals surface area contributed by atoms with Crippen LogP contribution in [0.4, 0.5) is 10.8 Å². The smallest absolute Gasteiger partial charge is 0.223 e.